The second kappa shape index (κ2) is 12.5. The van der Waals surface area contributed by atoms with Crippen molar-refractivity contribution in [1.29, 1.82) is 0 Å². The molecule has 6 nitrogen and oxygen atoms in total. The minimum absolute atomic E-state index is 0.119. The monoisotopic (exact) mass is 515 g/mol. The van der Waals surface area contributed by atoms with Crippen LogP contribution in [-0.4, -0.2) is 29.7 Å². The molecule has 0 saturated heterocycles. The van der Waals surface area contributed by atoms with Crippen molar-refractivity contribution < 1.29 is 33.0 Å². The first-order valence-electron chi connectivity index (χ1n) is 13.2. The zero-order valence-corrected chi connectivity index (χ0v) is 21.2. The van der Waals surface area contributed by atoms with E-state index in [2.05, 4.69) is 5.32 Å². The van der Waals surface area contributed by atoms with Gasteiger partial charge >= 0.3 is 5.97 Å². The van der Waals surface area contributed by atoms with Gasteiger partial charge in [-0.05, 0) is 67.5 Å². The number of ether oxygens (including phenoxy) is 2. The normalized spacial score (nSPS) is 20.2. The molecule has 0 unspecified atom stereocenters. The summed E-state index contributed by atoms with van der Waals surface area (Å²) in [4.78, 5) is 24.7. The Kier molecular flexibility index (Phi) is 9.14. The molecule has 2 aliphatic carbocycles. The van der Waals surface area contributed by atoms with Crippen molar-refractivity contribution in [1.82, 2.24) is 0 Å². The van der Waals surface area contributed by atoms with Gasteiger partial charge in [0.1, 0.15) is 5.75 Å². The molecule has 0 spiro atoms. The van der Waals surface area contributed by atoms with E-state index in [4.69, 9.17) is 9.47 Å². The Morgan fingerprint density at radius 2 is 1.70 bits per heavy atom. The van der Waals surface area contributed by atoms with E-state index >= 15 is 0 Å². The quantitative estimate of drug-likeness (QED) is 0.357. The lowest BCUT2D eigenvalue weighted by atomic mass is 9.78. The van der Waals surface area contributed by atoms with E-state index in [-0.39, 0.29) is 36.5 Å². The van der Waals surface area contributed by atoms with Crippen molar-refractivity contribution in [3.8, 4) is 16.9 Å². The molecule has 0 aliphatic heterocycles. The van der Waals surface area contributed by atoms with E-state index in [1.807, 2.05) is 0 Å². The molecule has 2 aromatic rings. The van der Waals surface area contributed by atoms with Gasteiger partial charge in [-0.1, -0.05) is 43.9 Å². The fraction of sp³-hybridized carbons (Fsp3) is 0.517. The van der Waals surface area contributed by atoms with Crippen LogP contribution < -0.4 is 10.1 Å². The Morgan fingerprint density at radius 1 is 1.00 bits per heavy atom. The molecule has 2 atom stereocenters. The number of halogens is 2. The molecule has 2 aliphatic rings. The lowest BCUT2D eigenvalue weighted by Gasteiger charge is -2.27. The first-order valence-corrected chi connectivity index (χ1v) is 13.2. The Hall–Kier alpha value is -3.00. The number of aliphatic carboxylic acids is 1. The van der Waals surface area contributed by atoms with Crippen LogP contribution in [-0.2, 0) is 20.9 Å². The first kappa shape index (κ1) is 27.0. The predicted octanol–water partition coefficient (Wildman–Crippen LogP) is 6.98. The van der Waals surface area contributed by atoms with E-state index in [1.165, 1.54) is 0 Å². The Labute approximate surface area is 216 Å². The number of carboxylic acids is 1. The number of carbonyl (C=O) groups excluding carboxylic acids is 1. The third-order valence-corrected chi connectivity index (χ3v) is 7.44. The Balaban J connectivity index is 1.66. The molecular weight excluding hydrogens is 480 g/mol. The number of benzene rings is 2. The van der Waals surface area contributed by atoms with Crippen LogP contribution in [0.1, 0.15) is 75.8 Å². The molecule has 0 bridgehead atoms. The summed E-state index contributed by atoms with van der Waals surface area (Å²) >= 11 is 0. The van der Waals surface area contributed by atoms with Gasteiger partial charge in [-0.25, -0.2) is 8.78 Å². The maximum absolute atomic E-state index is 14.2. The zero-order chi connectivity index (χ0) is 26.4. The van der Waals surface area contributed by atoms with Crippen LogP contribution in [0.25, 0.3) is 11.1 Å². The molecule has 200 valence electrons. The number of amides is 1. The average Bonchev–Trinajstić information content (AvgIpc) is 3.41. The van der Waals surface area contributed by atoms with Crippen molar-refractivity contribution in [2.75, 3.05) is 11.9 Å². The predicted molar refractivity (Wildman–Crippen MR) is 137 cm³/mol. The second-order valence-electron chi connectivity index (χ2n) is 9.87. The number of carboxylic acid groups (broad SMARTS) is 1. The number of alkyl halides is 2. The smallest absolute Gasteiger partial charge is 0.307 e. The van der Waals surface area contributed by atoms with Crippen molar-refractivity contribution in [2.24, 2.45) is 11.8 Å². The third-order valence-electron chi connectivity index (χ3n) is 7.44. The summed E-state index contributed by atoms with van der Waals surface area (Å²) < 4.78 is 40.0. The van der Waals surface area contributed by atoms with Gasteiger partial charge < -0.3 is 19.9 Å². The fourth-order valence-corrected chi connectivity index (χ4v) is 5.58. The third kappa shape index (κ3) is 6.47. The molecule has 0 aromatic heterocycles. The van der Waals surface area contributed by atoms with Gasteiger partial charge in [-0.3, -0.25) is 9.59 Å². The van der Waals surface area contributed by atoms with Crippen LogP contribution in [0.2, 0.25) is 0 Å². The van der Waals surface area contributed by atoms with Crippen LogP contribution in [0, 0.1) is 11.8 Å². The number of nitrogens with one attached hydrogen (secondary N) is 1. The highest BCUT2D eigenvalue weighted by molar-refractivity contribution is 5.95. The van der Waals surface area contributed by atoms with Gasteiger partial charge in [-0.2, -0.15) is 0 Å². The number of rotatable bonds is 10. The Bertz CT molecular complexity index is 1100. The van der Waals surface area contributed by atoms with Gasteiger partial charge in [0.15, 0.2) is 0 Å². The summed E-state index contributed by atoms with van der Waals surface area (Å²) in [6, 6.07) is 10.0. The van der Waals surface area contributed by atoms with Gasteiger partial charge in [-0.15, -0.1) is 0 Å². The standard InChI is InChI=1S/C29H35F2NO5/c1-2-36-25-13-7-12-22(26(25)27(30)31)21-15-14-19(16-18(21)17-37-20-8-3-4-9-20)32-28(33)23-10-5-6-11-24(23)29(34)35/h7,12-16,20,23-24,27H,2-6,8-11,17H2,1H3,(H,32,33)(H,34,35)/t23-,24-/m0/s1. The molecule has 2 saturated carbocycles. The molecule has 0 radical (unpaired) electrons. The molecule has 8 heteroatoms. The molecule has 2 N–H and O–H groups in total. The molecule has 0 heterocycles. The number of hydrogen-bond acceptors (Lipinski definition) is 4. The number of carbonyl (C=O) groups is 2. The molecule has 4 rings (SSSR count). The van der Waals surface area contributed by atoms with Gasteiger partial charge in [0.2, 0.25) is 5.91 Å². The van der Waals surface area contributed by atoms with Crippen LogP contribution in [0.4, 0.5) is 14.5 Å². The summed E-state index contributed by atoms with van der Waals surface area (Å²) in [6.07, 6.45) is 4.14. The highest BCUT2D eigenvalue weighted by atomic mass is 19.3. The Morgan fingerprint density at radius 3 is 2.38 bits per heavy atom. The molecular formula is C29H35F2NO5. The number of hydrogen-bond donors (Lipinski definition) is 2. The van der Waals surface area contributed by atoms with Gasteiger partial charge in [0.05, 0.1) is 36.7 Å². The molecule has 2 fully saturated rings. The highest BCUT2D eigenvalue weighted by Crippen LogP contribution is 2.40. The SMILES string of the molecule is CCOc1cccc(-c2ccc(NC(=O)[C@H]3CCCC[C@@H]3C(=O)O)cc2COC2CCCC2)c1C(F)F. The lowest BCUT2D eigenvalue weighted by molar-refractivity contribution is -0.147. The maximum atomic E-state index is 14.2. The largest absolute Gasteiger partial charge is 0.493 e. The second-order valence-corrected chi connectivity index (χ2v) is 9.87. The average molecular weight is 516 g/mol. The minimum atomic E-state index is -2.74. The van der Waals surface area contributed by atoms with Crippen molar-refractivity contribution in [3.05, 3.63) is 47.5 Å². The van der Waals surface area contributed by atoms with E-state index in [0.717, 1.165) is 38.5 Å². The van der Waals surface area contributed by atoms with E-state index < -0.39 is 24.2 Å². The summed E-state index contributed by atoms with van der Waals surface area (Å²) in [6.45, 7) is 2.23. The van der Waals surface area contributed by atoms with Crippen LogP contribution in [0.3, 0.4) is 0 Å². The summed E-state index contributed by atoms with van der Waals surface area (Å²) in [5.74, 6) is -2.43. The summed E-state index contributed by atoms with van der Waals surface area (Å²) in [7, 11) is 0. The van der Waals surface area contributed by atoms with Crippen LogP contribution >= 0.6 is 0 Å². The van der Waals surface area contributed by atoms with E-state index in [0.29, 0.717) is 35.2 Å². The van der Waals surface area contributed by atoms with Crippen molar-refractivity contribution in [3.63, 3.8) is 0 Å². The molecule has 2 aromatic carbocycles. The lowest BCUT2D eigenvalue weighted by Crippen LogP contribution is -2.36. The molecule has 1 amide bonds. The van der Waals surface area contributed by atoms with E-state index in [1.54, 1.807) is 43.3 Å². The maximum Gasteiger partial charge on any atom is 0.307 e. The topological polar surface area (TPSA) is 84.9 Å². The first-order chi connectivity index (χ1) is 17.9. The van der Waals surface area contributed by atoms with Crippen molar-refractivity contribution >= 4 is 17.6 Å². The molecule has 37 heavy (non-hydrogen) atoms. The van der Waals surface area contributed by atoms with Crippen molar-refractivity contribution in [2.45, 2.75) is 77.4 Å². The van der Waals surface area contributed by atoms with Gasteiger partial charge in [0, 0.05) is 5.69 Å². The van der Waals surface area contributed by atoms with Crippen LogP contribution in [0.15, 0.2) is 36.4 Å². The van der Waals surface area contributed by atoms with E-state index in [9.17, 15) is 23.5 Å². The minimum Gasteiger partial charge on any atom is -0.493 e. The fourth-order valence-electron chi connectivity index (χ4n) is 5.58. The van der Waals surface area contributed by atoms with Gasteiger partial charge in [0.25, 0.3) is 6.43 Å². The summed E-state index contributed by atoms with van der Waals surface area (Å²) in [5, 5.41) is 12.4. The van der Waals surface area contributed by atoms with Crippen LogP contribution in [0.5, 0.6) is 5.75 Å². The number of anilines is 1. The zero-order valence-electron chi connectivity index (χ0n) is 21.2. The summed E-state index contributed by atoms with van der Waals surface area (Å²) in [5.41, 5.74) is 1.96. The highest BCUT2D eigenvalue weighted by Gasteiger charge is 2.35.